The molecule has 2 rings (SSSR count). The molecule has 4 nitrogen and oxygen atoms in total. The van der Waals surface area contributed by atoms with E-state index in [0.717, 1.165) is 0 Å². The van der Waals surface area contributed by atoms with E-state index < -0.39 is 9.05 Å². The molecule has 110 valence electrons. The average molecular weight is 316 g/mol. The minimum Gasteiger partial charge on any atom is -0.348 e. The molecular weight excluding hydrogens is 298 g/mol. The van der Waals surface area contributed by atoms with E-state index in [2.05, 4.69) is 33.0 Å². The molecule has 1 aliphatic carbocycles. The second kappa shape index (κ2) is 4.46. The van der Waals surface area contributed by atoms with Crippen molar-refractivity contribution >= 4 is 25.6 Å². The second-order valence-electron chi connectivity index (χ2n) is 6.32. The highest BCUT2D eigenvalue weighted by molar-refractivity contribution is 8.13. The predicted molar refractivity (Wildman–Crippen MR) is 78.3 cm³/mol. The Bertz CT molecular complexity index is 651. The lowest BCUT2D eigenvalue weighted by atomic mass is 10.0. The number of rotatable bonds is 3. The fourth-order valence-electron chi connectivity index (χ4n) is 2.56. The molecule has 0 atom stereocenters. The third-order valence-electron chi connectivity index (χ3n) is 4.67. The maximum Gasteiger partial charge on any atom is 0.261 e. The van der Waals surface area contributed by atoms with E-state index in [1.165, 1.54) is 18.2 Å². The van der Waals surface area contributed by atoms with Crippen LogP contribution in [0.15, 0.2) is 29.2 Å². The van der Waals surface area contributed by atoms with Gasteiger partial charge < -0.3 is 5.32 Å². The van der Waals surface area contributed by atoms with E-state index in [-0.39, 0.29) is 27.7 Å². The van der Waals surface area contributed by atoms with Crippen molar-refractivity contribution in [3.63, 3.8) is 0 Å². The minimum atomic E-state index is -3.83. The third kappa shape index (κ3) is 2.44. The van der Waals surface area contributed by atoms with Crippen LogP contribution in [0.3, 0.4) is 0 Å². The SMILES string of the molecule is CC1(C)C(NC(=O)c2cccc(S(=O)(=O)Cl)c2)C1(C)C. The number of nitrogens with one attached hydrogen (secondary N) is 1. The molecule has 0 spiro atoms. The van der Waals surface area contributed by atoms with Crippen LogP contribution in [-0.2, 0) is 9.05 Å². The quantitative estimate of drug-likeness (QED) is 0.872. The number of hydrogen-bond donors (Lipinski definition) is 1. The average Bonchev–Trinajstić information content (AvgIpc) is 2.71. The molecule has 0 saturated heterocycles. The zero-order valence-corrected chi connectivity index (χ0v) is 13.5. The Labute approximate surface area is 123 Å². The van der Waals surface area contributed by atoms with Crippen LogP contribution in [0.1, 0.15) is 38.1 Å². The van der Waals surface area contributed by atoms with Gasteiger partial charge in [0.05, 0.1) is 4.90 Å². The Hall–Kier alpha value is -1.07. The Balaban J connectivity index is 2.20. The van der Waals surface area contributed by atoms with E-state index in [0.29, 0.717) is 5.56 Å². The van der Waals surface area contributed by atoms with Gasteiger partial charge in [0.15, 0.2) is 0 Å². The lowest BCUT2D eigenvalue weighted by Crippen LogP contribution is -2.29. The van der Waals surface area contributed by atoms with Crippen LogP contribution in [0.5, 0.6) is 0 Å². The first-order valence-corrected chi connectivity index (χ1v) is 8.64. The van der Waals surface area contributed by atoms with Crippen LogP contribution in [0.25, 0.3) is 0 Å². The Morgan fingerprint density at radius 1 is 1.20 bits per heavy atom. The molecule has 0 heterocycles. The first kappa shape index (κ1) is 15.3. The van der Waals surface area contributed by atoms with Crippen molar-refractivity contribution < 1.29 is 13.2 Å². The van der Waals surface area contributed by atoms with Gasteiger partial charge in [-0.15, -0.1) is 0 Å². The first-order valence-electron chi connectivity index (χ1n) is 6.33. The summed E-state index contributed by atoms with van der Waals surface area (Å²) in [5.74, 6) is -0.282. The lowest BCUT2D eigenvalue weighted by molar-refractivity contribution is 0.0943. The molecule has 0 aromatic heterocycles. The van der Waals surface area contributed by atoms with Crippen molar-refractivity contribution in [1.29, 1.82) is 0 Å². The standard InChI is InChI=1S/C14H18ClNO3S/c1-13(2)12(14(13,3)4)16-11(17)9-6-5-7-10(8-9)20(15,18)19/h5-8,12H,1-4H3,(H,16,17). The minimum absolute atomic E-state index is 0.0266. The maximum absolute atomic E-state index is 12.2. The number of hydrogen-bond acceptors (Lipinski definition) is 3. The van der Waals surface area contributed by atoms with Crippen molar-refractivity contribution in [2.45, 2.75) is 38.6 Å². The van der Waals surface area contributed by atoms with Crippen LogP contribution >= 0.6 is 10.7 Å². The molecule has 1 N–H and O–H groups in total. The lowest BCUT2D eigenvalue weighted by Gasteiger charge is -2.07. The van der Waals surface area contributed by atoms with Gasteiger partial charge in [-0.05, 0) is 29.0 Å². The van der Waals surface area contributed by atoms with Crippen LogP contribution in [0.4, 0.5) is 0 Å². The number of carbonyl (C=O) groups excluding carboxylic acids is 1. The summed E-state index contributed by atoms with van der Waals surface area (Å²) in [5, 5.41) is 2.95. The fraction of sp³-hybridized carbons (Fsp3) is 0.500. The van der Waals surface area contributed by atoms with E-state index in [9.17, 15) is 13.2 Å². The van der Waals surface area contributed by atoms with Crippen LogP contribution in [-0.4, -0.2) is 20.4 Å². The van der Waals surface area contributed by atoms with Gasteiger partial charge in [0.1, 0.15) is 0 Å². The molecule has 0 radical (unpaired) electrons. The van der Waals surface area contributed by atoms with Gasteiger partial charge in [0.25, 0.3) is 15.0 Å². The van der Waals surface area contributed by atoms with Crippen LogP contribution in [0.2, 0.25) is 0 Å². The van der Waals surface area contributed by atoms with E-state index in [1.807, 2.05) is 0 Å². The van der Waals surface area contributed by atoms with Gasteiger partial charge in [-0.3, -0.25) is 4.79 Å². The van der Waals surface area contributed by atoms with Crippen molar-refractivity contribution in [2.75, 3.05) is 0 Å². The van der Waals surface area contributed by atoms with E-state index in [1.54, 1.807) is 6.07 Å². The van der Waals surface area contributed by atoms with Crippen LogP contribution in [0, 0.1) is 10.8 Å². The van der Waals surface area contributed by atoms with Gasteiger partial charge in [-0.25, -0.2) is 8.42 Å². The molecule has 20 heavy (non-hydrogen) atoms. The Morgan fingerprint density at radius 3 is 2.20 bits per heavy atom. The number of amides is 1. The van der Waals surface area contributed by atoms with E-state index in [4.69, 9.17) is 10.7 Å². The largest absolute Gasteiger partial charge is 0.348 e. The van der Waals surface area contributed by atoms with Crippen molar-refractivity contribution in [3.05, 3.63) is 29.8 Å². The summed E-state index contributed by atoms with van der Waals surface area (Å²) in [7, 11) is 1.46. The first-order chi connectivity index (χ1) is 8.98. The fourth-order valence-corrected chi connectivity index (χ4v) is 3.36. The summed E-state index contributed by atoms with van der Waals surface area (Å²) in [4.78, 5) is 12.1. The van der Waals surface area contributed by atoms with Crippen molar-refractivity contribution in [3.8, 4) is 0 Å². The van der Waals surface area contributed by atoms with Gasteiger partial charge in [-0.2, -0.15) is 0 Å². The molecule has 0 unspecified atom stereocenters. The smallest absolute Gasteiger partial charge is 0.261 e. The number of benzene rings is 1. The zero-order valence-electron chi connectivity index (χ0n) is 11.9. The summed E-state index contributed by atoms with van der Waals surface area (Å²) < 4.78 is 22.6. The molecule has 1 aromatic rings. The summed E-state index contributed by atoms with van der Waals surface area (Å²) in [6.45, 7) is 8.38. The monoisotopic (exact) mass is 315 g/mol. The topological polar surface area (TPSA) is 63.2 Å². The molecule has 1 aromatic carbocycles. The molecule has 6 heteroatoms. The summed E-state index contributed by atoms with van der Waals surface area (Å²) in [5.41, 5.74) is 0.350. The molecular formula is C14H18ClNO3S. The van der Waals surface area contributed by atoms with Crippen molar-refractivity contribution in [2.24, 2.45) is 10.8 Å². The molecule has 1 amide bonds. The Morgan fingerprint density at radius 2 is 1.75 bits per heavy atom. The summed E-state index contributed by atoms with van der Waals surface area (Å²) in [6, 6.07) is 5.81. The van der Waals surface area contributed by atoms with E-state index >= 15 is 0 Å². The highest BCUT2D eigenvalue weighted by Crippen LogP contribution is 2.62. The Kier molecular flexibility index (Phi) is 3.42. The molecule has 1 saturated carbocycles. The second-order valence-corrected chi connectivity index (χ2v) is 8.88. The molecule has 1 aliphatic rings. The molecule has 0 bridgehead atoms. The third-order valence-corrected chi connectivity index (χ3v) is 6.03. The highest BCUT2D eigenvalue weighted by atomic mass is 35.7. The normalized spacial score (nSPS) is 20.4. The van der Waals surface area contributed by atoms with Crippen LogP contribution < -0.4 is 5.32 Å². The summed E-state index contributed by atoms with van der Waals surface area (Å²) in [6.07, 6.45) is 0. The predicted octanol–water partition coefficient (Wildman–Crippen LogP) is 2.78. The zero-order chi connectivity index (χ0) is 15.3. The maximum atomic E-state index is 12.2. The number of carbonyl (C=O) groups is 1. The number of halogens is 1. The van der Waals surface area contributed by atoms with Crippen molar-refractivity contribution in [1.82, 2.24) is 5.32 Å². The highest BCUT2D eigenvalue weighted by Gasteiger charge is 2.65. The van der Waals surface area contributed by atoms with Gasteiger partial charge in [-0.1, -0.05) is 33.8 Å². The van der Waals surface area contributed by atoms with Gasteiger partial charge >= 0.3 is 0 Å². The summed E-state index contributed by atoms with van der Waals surface area (Å²) >= 11 is 0. The van der Waals surface area contributed by atoms with Gasteiger partial charge in [0.2, 0.25) is 0 Å². The molecule has 1 fully saturated rings. The van der Waals surface area contributed by atoms with Gasteiger partial charge in [0, 0.05) is 22.3 Å². The molecule has 0 aliphatic heterocycles.